The van der Waals surface area contributed by atoms with Crippen LogP contribution in [0.25, 0.3) is 5.69 Å². The van der Waals surface area contributed by atoms with Crippen LogP contribution < -0.4 is 11.0 Å². The molecule has 0 aliphatic heterocycles. The van der Waals surface area contributed by atoms with Gasteiger partial charge in [-0.3, -0.25) is 9.59 Å². The lowest BCUT2D eigenvalue weighted by Crippen LogP contribution is -2.31. The molecule has 0 spiro atoms. The molecule has 0 aliphatic rings. The molecule has 144 valence electrons. The number of carbonyl (C=O) groups excluding carboxylic acids is 1. The Hall–Kier alpha value is -4.32. The van der Waals surface area contributed by atoms with E-state index in [1.54, 1.807) is 24.3 Å². The average molecular weight is 391 g/mol. The first-order valence-electron chi connectivity index (χ1n) is 8.33. The van der Waals surface area contributed by atoms with E-state index in [-0.39, 0.29) is 28.3 Å². The van der Waals surface area contributed by atoms with E-state index in [1.165, 1.54) is 31.3 Å². The number of phenols is 1. The van der Waals surface area contributed by atoms with Crippen molar-refractivity contribution < 1.29 is 14.3 Å². The van der Waals surface area contributed by atoms with Gasteiger partial charge in [0.2, 0.25) is 0 Å². The van der Waals surface area contributed by atoms with Crippen molar-refractivity contribution in [1.82, 2.24) is 15.2 Å². The Morgan fingerprint density at radius 2 is 1.97 bits per heavy atom. The third-order valence-corrected chi connectivity index (χ3v) is 4.04. The number of aromatic nitrogens is 2. The topological polar surface area (TPSA) is 120 Å². The van der Waals surface area contributed by atoms with Crippen molar-refractivity contribution in [3.63, 3.8) is 0 Å². The van der Waals surface area contributed by atoms with Gasteiger partial charge in [-0.1, -0.05) is 12.1 Å². The monoisotopic (exact) mass is 391 g/mol. The maximum atomic E-state index is 13.2. The summed E-state index contributed by atoms with van der Waals surface area (Å²) in [6.07, 6.45) is 1.24. The first-order valence-corrected chi connectivity index (χ1v) is 8.33. The van der Waals surface area contributed by atoms with Gasteiger partial charge < -0.3 is 5.11 Å². The molecule has 0 atom stereocenters. The zero-order chi connectivity index (χ0) is 21.0. The van der Waals surface area contributed by atoms with Crippen molar-refractivity contribution in [2.45, 2.75) is 6.92 Å². The molecule has 2 N–H and O–H groups in total. The lowest BCUT2D eigenvalue weighted by molar-refractivity contribution is 0.0947. The van der Waals surface area contributed by atoms with Crippen LogP contribution in [0.2, 0.25) is 0 Å². The summed E-state index contributed by atoms with van der Waals surface area (Å²) in [6, 6.07) is 13.0. The maximum absolute atomic E-state index is 13.2. The third kappa shape index (κ3) is 4.01. The Morgan fingerprint density at radius 1 is 1.28 bits per heavy atom. The summed E-state index contributed by atoms with van der Waals surface area (Å²) in [4.78, 5) is 25.0. The number of amides is 1. The zero-order valence-electron chi connectivity index (χ0n) is 15.1. The highest BCUT2D eigenvalue weighted by atomic mass is 19.1. The second kappa shape index (κ2) is 8.14. The Kier molecular flexibility index (Phi) is 5.46. The molecule has 0 aliphatic carbocycles. The number of benzene rings is 2. The fourth-order valence-corrected chi connectivity index (χ4v) is 2.52. The average Bonchev–Trinajstić information content (AvgIpc) is 2.71. The standard InChI is InChI=1S/C20H14FN5O3/c1-12-16(10-22)20(29)26(15-8-6-14(21)7-9-15)25-18(12)19(28)24-23-11-13-4-2-3-5-17(13)27/h2-9,11,27H,1H3,(H,24,28)/b23-11+. The highest BCUT2D eigenvalue weighted by Gasteiger charge is 2.20. The van der Waals surface area contributed by atoms with E-state index in [0.29, 0.717) is 5.56 Å². The minimum Gasteiger partial charge on any atom is -0.507 e. The number of hydrazone groups is 1. The summed E-state index contributed by atoms with van der Waals surface area (Å²) in [5.41, 5.74) is 1.72. The molecule has 29 heavy (non-hydrogen) atoms. The van der Waals surface area contributed by atoms with Gasteiger partial charge in [0.25, 0.3) is 11.5 Å². The number of carbonyl (C=O) groups is 1. The van der Waals surface area contributed by atoms with Gasteiger partial charge >= 0.3 is 0 Å². The van der Waals surface area contributed by atoms with Gasteiger partial charge in [0.1, 0.15) is 23.2 Å². The van der Waals surface area contributed by atoms with E-state index >= 15 is 0 Å². The highest BCUT2D eigenvalue weighted by Crippen LogP contribution is 2.13. The van der Waals surface area contributed by atoms with Crippen molar-refractivity contribution in [2.75, 3.05) is 0 Å². The van der Waals surface area contributed by atoms with Crippen LogP contribution in [0.15, 0.2) is 58.4 Å². The van der Waals surface area contributed by atoms with Gasteiger partial charge in [-0.2, -0.15) is 20.1 Å². The number of para-hydroxylation sites is 1. The molecule has 0 saturated carbocycles. The molecule has 0 fully saturated rings. The summed E-state index contributed by atoms with van der Waals surface area (Å²) < 4.78 is 14.0. The van der Waals surface area contributed by atoms with E-state index in [9.17, 15) is 24.3 Å². The van der Waals surface area contributed by atoms with Gasteiger partial charge in [0, 0.05) is 11.1 Å². The van der Waals surface area contributed by atoms with E-state index in [2.05, 4.69) is 15.6 Å². The number of hydrogen-bond donors (Lipinski definition) is 2. The van der Waals surface area contributed by atoms with E-state index in [4.69, 9.17) is 0 Å². The quantitative estimate of drug-likeness (QED) is 0.521. The number of nitrogens with one attached hydrogen (secondary N) is 1. The van der Waals surface area contributed by atoms with Crippen LogP contribution in [0.1, 0.15) is 27.2 Å². The second-order valence-corrected chi connectivity index (χ2v) is 5.91. The smallest absolute Gasteiger partial charge is 0.292 e. The number of hydrogen-bond acceptors (Lipinski definition) is 6. The number of halogens is 1. The Morgan fingerprint density at radius 3 is 2.62 bits per heavy atom. The summed E-state index contributed by atoms with van der Waals surface area (Å²) in [7, 11) is 0. The van der Waals surface area contributed by atoms with Crippen LogP contribution in [-0.4, -0.2) is 27.0 Å². The van der Waals surface area contributed by atoms with Crippen LogP contribution in [0.4, 0.5) is 4.39 Å². The molecule has 8 nitrogen and oxygen atoms in total. The van der Waals surface area contributed by atoms with E-state index in [0.717, 1.165) is 16.8 Å². The second-order valence-electron chi connectivity index (χ2n) is 5.91. The Labute approximate surface area is 164 Å². The predicted molar refractivity (Wildman–Crippen MR) is 102 cm³/mol. The fourth-order valence-electron chi connectivity index (χ4n) is 2.52. The summed E-state index contributed by atoms with van der Waals surface area (Å²) in [6.45, 7) is 1.42. The minimum absolute atomic E-state index is 0.0172. The summed E-state index contributed by atoms with van der Waals surface area (Å²) in [5.74, 6) is -1.29. The third-order valence-electron chi connectivity index (χ3n) is 4.04. The van der Waals surface area contributed by atoms with Gasteiger partial charge in [-0.05, 0) is 43.3 Å². The van der Waals surface area contributed by atoms with Crippen molar-refractivity contribution in [3.8, 4) is 17.5 Å². The Bertz CT molecular complexity index is 1210. The molecule has 9 heteroatoms. The maximum Gasteiger partial charge on any atom is 0.292 e. The van der Waals surface area contributed by atoms with Gasteiger partial charge in [0.15, 0.2) is 5.69 Å². The van der Waals surface area contributed by atoms with Crippen molar-refractivity contribution >= 4 is 12.1 Å². The number of phenolic OH excluding ortho intramolecular Hbond substituents is 1. The summed E-state index contributed by atoms with van der Waals surface area (Å²) in [5, 5.41) is 26.8. The van der Waals surface area contributed by atoms with Crippen molar-refractivity contribution in [2.24, 2.45) is 5.10 Å². The molecule has 1 aromatic heterocycles. The number of rotatable bonds is 4. The predicted octanol–water partition coefficient (Wildman–Crippen LogP) is 2.02. The van der Waals surface area contributed by atoms with Crippen LogP contribution >= 0.6 is 0 Å². The molecule has 0 unspecified atom stereocenters. The van der Waals surface area contributed by atoms with Crippen LogP contribution in [0.5, 0.6) is 5.75 Å². The molecular formula is C20H14FN5O3. The lowest BCUT2D eigenvalue weighted by Gasteiger charge is -2.10. The van der Waals surface area contributed by atoms with Gasteiger partial charge in [-0.15, -0.1) is 0 Å². The van der Waals surface area contributed by atoms with Crippen molar-refractivity contribution in [1.29, 1.82) is 5.26 Å². The number of aromatic hydroxyl groups is 1. The molecule has 1 amide bonds. The normalized spacial score (nSPS) is 10.7. The van der Waals surface area contributed by atoms with Crippen LogP contribution in [0, 0.1) is 24.1 Å². The largest absolute Gasteiger partial charge is 0.507 e. The molecule has 0 bridgehead atoms. The molecule has 0 radical (unpaired) electrons. The molecule has 2 aromatic carbocycles. The van der Waals surface area contributed by atoms with E-state index < -0.39 is 17.3 Å². The van der Waals surface area contributed by atoms with Gasteiger partial charge in [0.05, 0.1) is 11.9 Å². The van der Waals surface area contributed by atoms with Crippen LogP contribution in [0.3, 0.4) is 0 Å². The van der Waals surface area contributed by atoms with Crippen molar-refractivity contribution in [3.05, 3.63) is 87.1 Å². The summed E-state index contributed by atoms with van der Waals surface area (Å²) >= 11 is 0. The molecular weight excluding hydrogens is 377 g/mol. The highest BCUT2D eigenvalue weighted by molar-refractivity contribution is 5.95. The lowest BCUT2D eigenvalue weighted by atomic mass is 10.1. The fraction of sp³-hybridized carbons (Fsp3) is 0.0500. The zero-order valence-corrected chi connectivity index (χ0v) is 15.1. The first kappa shape index (κ1) is 19.4. The molecule has 0 saturated heterocycles. The van der Waals surface area contributed by atoms with Gasteiger partial charge in [-0.25, -0.2) is 9.82 Å². The molecule has 3 aromatic rings. The first-order chi connectivity index (χ1) is 13.9. The van der Waals surface area contributed by atoms with E-state index in [1.807, 2.05) is 0 Å². The minimum atomic E-state index is -0.762. The SMILES string of the molecule is Cc1c(C(=O)N/N=C/c2ccccc2O)nn(-c2ccc(F)cc2)c(=O)c1C#N. The Balaban J connectivity index is 1.98. The molecule has 1 heterocycles. The number of nitriles is 1. The van der Waals surface area contributed by atoms with Crippen LogP contribution in [-0.2, 0) is 0 Å². The number of nitrogens with zero attached hydrogens (tertiary/aromatic N) is 4. The molecule has 3 rings (SSSR count).